The van der Waals surface area contributed by atoms with E-state index in [1.54, 1.807) is 29.9 Å². The molecule has 1 aromatic carbocycles. The van der Waals surface area contributed by atoms with Gasteiger partial charge >= 0.3 is 0 Å². The maximum atomic E-state index is 13.1. The summed E-state index contributed by atoms with van der Waals surface area (Å²) in [4.78, 5) is 12.7. The molecule has 2 fully saturated rings. The van der Waals surface area contributed by atoms with Gasteiger partial charge in [0.05, 0.1) is 31.1 Å². The normalized spacial score (nSPS) is 25.5. The van der Waals surface area contributed by atoms with Gasteiger partial charge in [-0.1, -0.05) is 0 Å². The number of halogens is 1. The van der Waals surface area contributed by atoms with E-state index in [9.17, 15) is 9.18 Å². The monoisotopic (exact) mass is 359 g/mol. The second-order valence-electron chi connectivity index (χ2n) is 6.85. The van der Waals surface area contributed by atoms with E-state index in [1.807, 2.05) is 0 Å². The zero-order chi connectivity index (χ0) is 18.1. The standard InChI is InChI=1S/C19H22FN3O3/c1-23-16(11-15(22-23)12-2-4-13(20)5-3-12)19(24)21-14-6-7-17-18(10-14)26-9-8-25-17/h2-5,11,14,17-18H,6-10H2,1H3,(H,21,24). The molecule has 3 unspecified atom stereocenters. The minimum atomic E-state index is -0.299. The minimum Gasteiger partial charge on any atom is -0.373 e. The van der Waals surface area contributed by atoms with Gasteiger partial charge in [-0.25, -0.2) is 4.39 Å². The second kappa shape index (κ2) is 7.17. The SMILES string of the molecule is Cn1nc(-c2ccc(F)cc2)cc1C(=O)NC1CCC2OCCOC2C1. The molecule has 1 aliphatic heterocycles. The Balaban J connectivity index is 1.44. The number of ether oxygens (including phenoxy) is 2. The van der Waals surface area contributed by atoms with Crippen molar-refractivity contribution in [3.8, 4) is 11.3 Å². The molecule has 1 amide bonds. The van der Waals surface area contributed by atoms with Crippen LogP contribution >= 0.6 is 0 Å². The molecule has 1 aliphatic carbocycles. The zero-order valence-corrected chi connectivity index (χ0v) is 14.7. The largest absolute Gasteiger partial charge is 0.373 e. The zero-order valence-electron chi connectivity index (χ0n) is 14.7. The van der Waals surface area contributed by atoms with Gasteiger partial charge in [0.25, 0.3) is 5.91 Å². The van der Waals surface area contributed by atoms with Gasteiger partial charge in [0.1, 0.15) is 11.5 Å². The van der Waals surface area contributed by atoms with Crippen LogP contribution in [0.4, 0.5) is 4.39 Å². The number of aryl methyl sites for hydroxylation is 1. The van der Waals surface area contributed by atoms with Gasteiger partial charge in [0.2, 0.25) is 0 Å². The topological polar surface area (TPSA) is 65.4 Å². The number of fused-ring (bicyclic) bond motifs is 1. The van der Waals surface area contributed by atoms with Gasteiger partial charge < -0.3 is 14.8 Å². The smallest absolute Gasteiger partial charge is 0.269 e. The van der Waals surface area contributed by atoms with Gasteiger partial charge in [-0.3, -0.25) is 9.48 Å². The third kappa shape index (κ3) is 3.50. The van der Waals surface area contributed by atoms with E-state index in [-0.39, 0.29) is 30.0 Å². The number of amides is 1. The van der Waals surface area contributed by atoms with Crippen molar-refractivity contribution in [1.82, 2.24) is 15.1 Å². The number of benzene rings is 1. The number of rotatable bonds is 3. The lowest BCUT2D eigenvalue weighted by Gasteiger charge is -2.39. The quantitative estimate of drug-likeness (QED) is 0.913. The van der Waals surface area contributed by atoms with Crippen LogP contribution in [0.15, 0.2) is 30.3 Å². The van der Waals surface area contributed by atoms with E-state index >= 15 is 0 Å². The maximum absolute atomic E-state index is 13.1. The van der Waals surface area contributed by atoms with E-state index in [4.69, 9.17) is 9.47 Å². The molecule has 26 heavy (non-hydrogen) atoms. The van der Waals surface area contributed by atoms with Crippen LogP contribution in [0.2, 0.25) is 0 Å². The van der Waals surface area contributed by atoms with Crippen molar-refractivity contribution >= 4 is 5.91 Å². The van der Waals surface area contributed by atoms with Crippen molar-refractivity contribution in [3.63, 3.8) is 0 Å². The van der Waals surface area contributed by atoms with Gasteiger partial charge in [-0.2, -0.15) is 5.10 Å². The van der Waals surface area contributed by atoms with E-state index < -0.39 is 0 Å². The second-order valence-corrected chi connectivity index (χ2v) is 6.85. The molecule has 2 aromatic rings. The molecule has 6 nitrogen and oxygen atoms in total. The number of carbonyl (C=O) groups is 1. The molecule has 7 heteroatoms. The molecular formula is C19H22FN3O3. The summed E-state index contributed by atoms with van der Waals surface area (Å²) in [7, 11) is 1.73. The summed E-state index contributed by atoms with van der Waals surface area (Å²) in [5, 5.41) is 7.47. The van der Waals surface area contributed by atoms with Gasteiger partial charge in [-0.05, 0) is 49.6 Å². The predicted octanol–water partition coefficient (Wildman–Crippen LogP) is 2.29. The summed E-state index contributed by atoms with van der Waals surface area (Å²) >= 11 is 0. The predicted molar refractivity (Wildman–Crippen MR) is 93.2 cm³/mol. The van der Waals surface area contributed by atoms with Crippen LogP contribution in [-0.4, -0.2) is 47.2 Å². The molecule has 138 valence electrons. The number of hydrogen-bond acceptors (Lipinski definition) is 4. The molecule has 1 N–H and O–H groups in total. The fourth-order valence-electron chi connectivity index (χ4n) is 3.70. The van der Waals surface area contributed by atoms with Crippen molar-refractivity contribution in [2.45, 2.75) is 37.5 Å². The van der Waals surface area contributed by atoms with Gasteiger partial charge in [0, 0.05) is 18.7 Å². The fourth-order valence-corrected chi connectivity index (χ4v) is 3.70. The van der Waals surface area contributed by atoms with E-state index in [2.05, 4.69) is 10.4 Å². The molecule has 1 aromatic heterocycles. The summed E-state index contributed by atoms with van der Waals surface area (Å²) < 4.78 is 26.1. The third-order valence-electron chi connectivity index (χ3n) is 5.07. The van der Waals surface area contributed by atoms with E-state index in [0.29, 0.717) is 24.6 Å². The van der Waals surface area contributed by atoms with Crippen LogP contribution in [0.3, 0.4) is 0 Å². The summed E-state index contributed by atoms with van der Waals surface area (Å²) in [5.74, 6) is -0.458. The molecule has 0 bridgehead atoms. The summed E-state index contributed by atoms with van der Waals surface area (Å²) in [6.07, 6.45) is 2.74. The van der Waals surface area contributed by atoms with Gasteiger partial charge in [-0.15, -0.1) is 0 Å². The molecule has 3 atom stereocenters. The fraction of sp³-hybridized carbons (Fsp3) is 0.474. The minimum absolute atomic E-state index is 0.0594. The Morgan fingerprint density at radius 2 is 1.92 bits per heavy atom. The van der Waals surface area contributed by atoms with Crippen LogP contribution in [0.25, 0.3) is 11.3 Å². The van der Waals surface area contributed by atoms with Crippen LogP contribution in [0.1, 0.15) is 29.8 Å². The summed E-state index contributed by atoms with van der Waals surface area (Å²) in [5.41, 5.74) is 1.90. The average Bonchev–Trinajstić information content (AvgIpc) is 3.04. The number of aromatic nitrogens is 2. The Morgan fingerprint density at radius 3 is 2.69 bits per heavy atom. The first-order valence-corrected chi connectivity index (χ1v) is 8.94. The van der Waals surface area contributed by atoms with Crippen molar-refractivity contribution in [1.29, 1.82) is 0 Å². The molecule has 2 heterocycles. The lowest BCUT2D eigenvalue weighted by molar-refractivity contribution is -0.157. The highest BCUT2D eigenvalue weighted by atomic mass is 19.1. The lowest BCUT2D eigenvalue weighted by Crippen LogP contribution is -2.49. The van der Waals surface area contributed by atoms with Crippen LogP contribution < -0.4 is 5.32 Å². The summed E-state index contributed by atoms with van der Waals surface area (Å²) in [6, 6.07) is 7.87. The third-order valence-corrected chi connectivity index (χ3v) is 5.07. The lowest BCUT2D eigenvalue weighted by atomic mass is 9.89. The number of nitrogens with one attached hydrogen (secondary N) is 1. The van der Waals surface area contributed by atoms with E-state index in [1.165, 1.54) is 12.1 Å². The number of nitrogens with zero attached hydrogens (tertiary/aromatic N) is 2. The molecule has 0 spiro atoms. The first-order chi connectivity index (χ1) is 12.6. The average molecular weight is 359 g/mol. The Kier molecular flexibility index (Phi) is 4.74. The highest BCUT2D eigenvalue weighted by molar-refractivity contribution is 5.93. The molecule has 1 saturated heterocycles. The Labute approximate surface area is 151 Å². The van der Waals surface area contributed by atoms with Gasteiger partial charge in [0.15, 0.2) is 0 Å². The van der Waals surface area contributed by atoms with Crippen LogP contribution in [0.5, 0.6) is 0 Å². The number of carbonyl (C=O) groups excluding carboxylic acids is 1. The molecule has 0 radical (unpaired) electrons. The Morgan fingerprint density at radius 1 is 1.19 bits per heavy atom. The Bertz CT molecular complexity index is 790. The summed E-state index contributed by atoms with van der Waals surface area (Å²) in [6.45, 7) is 1.27. The highest BCUT2D eigenvalue weighted by Gasteiger charge is 2.35. The molecule has 4 rings (SSSR count). The first-order valence-electron chi connectivity index (χ1n) is 8.94. The number of hydrogen-bond donors (Lipinski definition) is 1. The van der Waals surface area contributed by atoms with Crippen molar-refractivity contribution in [2.24, 2.45) is 7.05 Å². The van der Waals surface area contributed by atoms with E-state index in [0.717, 1.165) is 24.8 Å². The molecular weight excluding hydrogens is 337 g/mol. The Hall–Kier alpha value is -2.25. The van der Waals surface area contributed by atoms with Crippen molar-refractivity contribution in [2.75, 3.05) is 13.2 Å². The highest BCUT2D eigenvalue weighted by Crippen LogP contribution is 2.27. The molecule has 2 aliphatic rings. The first kappa shape index (κ1) is 17.2. The van der Waals surface area contributed by atoms with Crippen molar-refractivity contribution < 1.29 is 18.7 Å². The van der Waals surface area contributed by atoms with Crippen LogP contribution in [-0.2, 0) is 16.5 Å². The molecule has 1 saturated carbocycles. The van der Waals surface area contributed by atoms with Crippen molar-refractivity contribution in [3.05, 3.63) is 41.8 Å². The maximum Gasteiger partial charge on any atom is 0.269 e. The van der Waals surface area contributed by atoms with Crippen LogP contribution in [0, 0.1) is 5.82 Å².